The molecule has 2 unspecified atom stereocenters. The monoisotopic (exact) mass is 195 g/mol. The van der Waals surface area contributed by atoms with Gasteiger partial charge < -0.3 is 4.74 Å². The van der Waals surface area contributed by atoms with E-state index in [-0.39, 0.29) is 11.2 Å². The summed E-state index contributed by atoms with van der Waals surface area (Å²) in [6, 6.07) is 0. The Morgan fingerprint density at radius 2 is 2.69 bits per heavy atom. The van der Waals surface area contributed by atoms with Crippen molar-refractivity contribution in [1.82, 2.24) is 4.98 Å². The van der Waals surface area contributed by atoms with E-state index in [4.69, 9.17) is 4.74 Å². The molecule has 68 valence electrons. The minimum Gasteiger partial charge on any atom is -0.380 e. The molecule has 13 heavy (non-hydrogen) atoms. The average Bonchev–Trinajstić information content (AvgIpc) is 2.63. The van der Waals surface area contributed by atoms with Gasteiger partial charge in [-0.15, -0.1) is 11.3 Å². The predicted octanol–water partition coefficient (Wildman–Crippen LogP) is 1.36. The minimum atomic E-state index is -0.146. The molecule has 2 fully saturated rings. The molecule has 0 amide bonds. The zero-order valence-corrected chi connectivity index (χ0v) is 7.84. The van der Waals surface area contributed by atoms with Crippen LogP contribution in [0.2, 0.25) is 0 Å². The van der Waals surface area contributed by atoms with E-state index in [1.807, 2.05) is 0 Å². The molecule has 3 nitrogen and oxygen atoms in total. The molecule has 2 atom stereocenters. The number of carbonyl (C=O) groups excluding carboxylic acids is 1. The molecular formula is C9H9NO2S. The van der Waals surface area contributed by atoms with E-state index >= 15 is 0 Å². The summed E-state index contributed by atoms with van der Waals surface area (Å²) in [7, 11) is 0. The molecule has 1 aliphatic carbocycles. The number of carbonyl (C=O) groups is 1. The van der Waals surface area contributed by atoms with Gasteiger partial charge in [0.25, 0.3) is 0 Å². The Hall–Kier alpha value is -0.740. The summed E-state index contributed by atoms with van der Waals surface area (Å²) in [5.74, 6) is 0.736. The predicted molar refractivity (Wildman–Crippen MR) is 47.8 cm³/mol. The van der Waals surface area contributed by atoms with E-state index < -0.39 is 0 Å². The van der Waals surface area contributed by atoms with Gasteiger partial charge in [-0.3, -0.25) is 9.78 Å². The van der Waals surface area contributed by atoms with Gasteiger partial charge in [0, 0.05) is 6.20 Å². The highest BCUT2D eigenvalue weighted by Gasteiger charge is 2.63. The highest BCUT2D eigenvalue weighted by molar-refractivity contribution is 7.11. The van der Waals surface area contributed by atoms with Crippen molar-refractivity contribution in [2.24, 2.45) is 11.3 Å². The van der Waals surface area contributed by atoms with Gasteiger partial charge in [0.2, 0.25) is 0 Å². The molecule has 0 spiro atoms. The SMILES string of the molecule is O=C(c1cncs1)C12COCC1C2. The van der Waals surface area contributed by atoms with Gasteiger partial charge in [-0.2, -0.15) is 0 Å². The highest BCUT2D eigenvalue weighted by atomic mass is 32.1. The number of thiazole rings is 1. The second-order valence-corrected chi connectivity index (χ2v) is 4.65. The van der Waals surface area contributed by atoms with Gasteiger partial charge in [0.15, 0.2) is 5.78 Å². The normalized spacial score (nSPS) is 35.8. The summed E-state index contributed by atoms with van der Waals surface area (Å²) < 4.78 is 5.29. The van der Waals surface area contributed by atoms with Gasteiger partial charge in [0.1, 0.15) is 0 Å². The maximum Gasteiger partial charge on any atom is 0.183 e. The quantitative estimate of drug-likeness (QED) is 0.669. The molecule has 3 rings (SSSR count). The lowest BCUT2D eigenvalue weighted by atomic mass is 10.00. The number of aromatic nitrogens is 1. The first-order valence-corrected chi connectivity index (χ1v) is 5.22. The van der Waals surface area contributed by atoms with Crippen LogP contribution in [0.15, 0.2) is 11.7 Å². The van der Waals surface area contributed by atoms with Crippen LogP contribution in [0.25, 0.3) is 0 Å². The smallest absolute Gasteiger partial charge is 0.183 e. The van der Waals surface area contributed by atoms with E-state index in [2.05, 4.69) is 4.98 Å². The number of nitrogens with zero attached hydrogens (tertiary/aromatic N) is 1. The lowest BCUT2D eigenvalue weighted by Gasteiger charge is -2.06. The standard InChI is InChI=1S/C9H9NO2S/c11-8(7-2-10-5-13-7)9-1-6(9)3-12-4-9/h2,5-6H,1,3-4H2. The van der Waals surface area contributed by atoms with Crippen LogP contribution in [0.4, 0.5) is 0 Å². The molecule has 1 aromatic heterocycles. The van der Waals surface area contributed by atoms with Crippen molar-refractivity contribution in [1.29, 1.82) is 0 Å². The summed E-state index contributed by atoms with van der Waals surface area (Å²) in [5.41, 5.74) is 1.56. The lowest BCUT2D eigenvalue weighted by Crippen LogP contribution is -2.18. The topological polar surface area (TPSA) is 39.2 Å². The van der Waals surface area contributed by atoms with Crippen molar-refractivity contribution < 1.29 is 9.53 Å². The Labute approximate surface area is 79.7 Å². The third-order valence-corrected chi connectivity index (χ3v) is 3.79. The molecule has 0 bridgehead atoms. The van der Waals surface area contributed by atoms with Crippen molar-refractivity contribution in [3.05, 3.63) is 16.6 Å². The fraction of sp³-hybridized carbons (Fsp3) is 0.556. The van der Waals surface area contributed by atoms with Gasteiger partial charge in [-0.1, -0.05) is 0 Å². The number of ether oxygens (including phenoxy) is 1. The van der Waals surface area contributed by atoms with Crippen LogP contribution in [0.5, 0.6) is 0 Å². The van der Waals surface area contributed by atoms with E-state index in [0.717, 1.165) is 17.9 Å². The maximum atomic E-state index is 12.0. The lowest BCUT2D eigenvalue weighted by molar-refractivity contribution is 0.0833. The molecule has 1 aliphatic heterocycles. The summed E-state index contributed by atoms with van der Waals surface area (Å²) in [6.45, 7) is 1.39. The Kier molecular flexibility index (Phi) is 1.41. The molecule has 0 radical (unpaired) electrons. The van der Waals surface area contributed by atoms with E-state index in [9.17, 15) is 4.79 Å². The summed E-state index contributed by atoms with van der Waals surface area (Å²) >= 11 is 1.43. The van der Waals surface area contributed by atoms with Crippen LogP contribution in [-0.2, 0) is 4.74 Å². The van der Waals surface area contributed by atoms with E-state index in [1.165, 1.54) is 11.3 Å². The number of fused-ring (bicyclic) bond motifs is 1. The van der Waals surface area contributed by atoms with Crippen LogP contribution >= 0.6 is 11.3 Å². The van der Waals surface area contributed by atoms with Crippen LogP contribution < -0.4 is 0 Å². The third-order valence-electron chi connectivity index (χ3n) is 3.02. The van der Waals surface area contributed by atoms with E-state index in [0.29, 0.717) is 12.5 Å². The summed E-state index contributed by atoms with van der Waals surface area (Å²) in [4.78, 5) is 16.7. The molecule has 1 saturated carbocycles. The number of hydrogen-bond acceptors (Lipinski definition) is 4. The van der Waals surface area contributed by atoms with Gasteiger partial charge in [-0.25, -0.2) is 0 Å². The second-order valence-electron chi connectivity index (χ2n) is 3.77. The third kappa shape index (κ3) is 0.928. The Morgan fingerprint density at radius 1 is 1.77 bits per heavy atom. The van der Waals surface area contributed by atoms with Crippen LogP contribution in [0.1, 0.15) is 16.1 Å². The van der Waals surface area contributed by atoms with Gasteiger partial charge in [0.05, 0.1) is 29.0 Å². The maximum absolute atomic E-state index is 12.0. The highest BCUT2D eigenvalue weighted by Crippen LogP contribution is 2.58. The Bertz CT molecular complexity index is 349. The van der Waals surface area contributed by atoms with Crippen molar-refractivity contribution in [3.63, 3.8) is 0 Å². The Morgan fingerprint density at radius 3 is 3.23 bits per heavy atom. The number of Topliss-reactive ketones (excluding diaryl/α,β-unsaturated/α-hetero) is 1. The molecule has 4 heteroatoms. The molecule has 2 aliphatic rings. The molecular weight excluding hydrogens is 186 g/mol. The average molecular weight is 195 g/mol. The number of ketones is 1. The van der Waals surface area contributed by atoms with Crippen LogP contribution in [0, 0.1) is 11.3 Å². The van der Waals surface area contributed by atoms with Crippen molar-refractivity contribution in [3.8, 4) is 0 Å². The van der Waals surface area contributed by atoms with Gasteiger partial charge >= 0.3 is 0 Å². The summed E-state index contributed by atoms with van der Waals surface area (Å²) in [6.07, 6.45) is 2.68. The summed E-state index contributed by atoms with van der Waals surface area (Å²) in [5, 5.41) is 0. The first-order valence-electron chi connectivity index (χ1n) is 4.34. The van der Waals surface area contributed by atoms with Crippen molar-refractivity contribution >= 4 is 17.1 Å². The molecule has 1 saturated heterocycles. The molecule has 0 aromatic carbocycles. The van der Waals surface area contributed by atoms with Crippen LogP contribution in [-0.4, -0.2) is 24.0 Å². The largest absolute Gasteiger partial charge is 0.380 e. The molecule has 1 aromatic rings. The fourth-order valence-electron chi connectivity index (χ4n) is 2.08. The van der Waals surface area contributed by atoms with E-state index in [1.54, 1.807) is 11.7 Å². The first kappa shape index (κ1) is 7.64. The second kappa shape index (κ2) is 2.39. The zero-order chi connectivity index (χ0) is 8.89. The Balaban J connectivity index is 1.91. The molecule has 2 heterocycles. The number of hydrogen-bond donors (Lipinski definition) is 0. The first-order chi connectivity index (χ1) is 6.33. The van der Waals surface area contributed by atoms with Crippen molar-refractivity contribution in [2.45, 2.75) is 6.42 Å². The molecule has 0 N–H and O–H groups in total. The number of rotatable bonds is 2. The van der Waals surface area contributed by atoms with Crippen molar-refractivity contribution in [2.75, 3.05) is 13.2 Å². The van der Waals surface area contributed by atoms with Crippen LogP contribution in [0.3, 0.4) is 0 Å². The minimum absolute atomic E-state index is 0.146. The zero-order valence-electron chi connectivity index (χ0n) is 7.03. The fourth-order valence-corrected chi connectivity index (χ4v) is 2.74. The van der Waals surface area contributed by atoms with Gasteiger partial charge in [-0.05, 0) is 12.3 Å².